The first-order valence-electron chi connectivity index (χ1n) is 5.35. The van der Waals surface area contributed by atoms with Gasteiger partial charge in [0.25, 0.3) is 0 Å². The van der Waals surface area contributed by atoms with Gasteiger partial charge in [-0.05, 0) is 25.3 Å². The van der Waals surface area contributed by atoms with Crippen LogP contribution in [-0.2, 0) is 11.2 Å². The highest BCUT2D eigenvalue weighted by molar-refractivity contribution is 5.70. The first-order chi connectivity index (χ1) is 7.63. The Bertz CT molecular complexity index is 384. The predicted octanol–water partition coefficient (Wildman–Crippen LogP) is 2.65. The lowest BCUT2D eigenvalue weighted by atomic mass is 9.96. The van der Waals surface area contributed by atoms with Crippen molar-refractivity contribution in [3.05, 3.63) is 35.4 Å². The molecule has 0 aliphatic carbocycles. The van der Waals surface area contributed by atoms with Gasteiger partial charge in [-0.15, -0.1) is 12.3 Å². The number of aryl methyl sites for hydroxylation is 2. The van der Waals surface area contributed by atoms with Crippen LogP contribution in [0.15, 0.2) is 24.3 Å². The van der Waals surface area contributed by atoms with Gasteiger partial charge in [0, 0.05) is 6.42 Å². The molecular weight excluding hydrogens is 200 g/mol. The molecule has 1 aromatic rings. The van der Waals surface area contributed by atoms with Crippen molar-refractivity contribution in [2.24, 2.45) is 5.92 Å². The lowest BCUT2D eigenvalue weighted by Gasteiger charge is -2.08. The molecule has 0 aromatic heterocycles. The van der Waals surface area contributed by atoms with E-state index in [0.717, 1.165) is 12.0 Å². The van der Waals surface area contributed by atoms with Gasteiger partial charge in [-0.2, -0.15) is 0 Å². The largest absolute Gasteiger partial charge is 0.481 e. The molecule has 1 aromatic carbocycles. The summed E-state index contributed by atoms with van der Waals surface area (Å²) in [5, 5.41) is 8.93. The van der Waals surface area contributed by atoms with Crippen LogP contribution in [-0.4, -0.2) is 11.1 Å². The summed E-state index contributed by atoms with van der Waals surface area (Å²) >= 11 is 0. The number of terminal acetylenes is 1. The van der Waals surface area contributed by atoms with Crippen LogP contribution in [0.3, 0.4) is 0 Å². The van der Waals surface area contributed by atoms with Gasteiger partial charge in [0.15, 0.2) is 0 Å². The van der Waals surface area contributed by atoms with Gasteiger partial charge >= 0.3 is 5.97 Å². The molecule has 1 atom stereocenters. The van der Waals surface area contributed by atoms with Crippen LogP contribution < -0.4 is 0 Å². The Balaban J connectivity index is 2.52. The van der Waals surface area contributed by atoms with Crippen LogP contribution in [0.1, 0.15) is 24.0 Å². The zero-order valence-corrected chi connectivity index (χ0v) is 9.44. The summed E-state index contributed by atoms with van der Waals surface area (Å²) in [6.45, 7) is 2.03. The number of hydrogen-bond donors (Lipinski definition) is 1. The van der Waals surface area contributed by atoms with Crippen molar-refractivity contribution in [1.82, 2.24) is 0 Å². The van der Waals surface area contributed by atoms with E-state index in [-0.39, 0.29) is 0 Å². The molecule has 0 spiro atoms. The molecule has 0 heterocycles. The van der Waals surface area contributed by atoms with E-state index < -0.39 is 11.9 Å². The molecule has 1 unspecified atom stereocenters. The molecule has 0 radical (unpaired) electrons. The first kappa shape index (κ1) is 12.3. The minimum absolute atomic E-state index is 0.307. The predicted molar refractivity (Wildman–Crippen MR) is 64.1 cm³/mol. The second-order valence-corrected chi connectivity index (χ2v) is 3.97. The van der Waals surface area contributed by atoms with Crippen LogP contribution in [0.5, 0.6) is 0 Å². The van der Waals surface area contributed by atoms with E-state index in [0.29, 0.717) is 12.8 Å². The molecule has 0 saturated heterocycles. The molecule has 0 bridgehead atoms. The number of benzene rings is 1. The number of carbonyl (C=O) groups is 1. The molecule has 0 amide bonds. The fourth-order valence-corrected chi connectivity index (χ4v) is 1.55. The number of carboxylic acids is 1. The Kier molecular flexibility index (Phi) is 4.60. The smallest absolute Gasteiger partial charge is 0.307 e. The van der Waals surface area contributed by atoms with Crippen molar-refractivity contribution < 1.29 is 9.90 Å². The van der Waals surface area contributed by atoms with E-state index in [1.807, 2.05) is 31.2 Å². The average Bonchev–Trinajstić information content (AvgIpc) is 2.26. The second-order valence-electron chi connectivity index (χ2n) is 3.97. The minimum Gasteiger partial charge on any atom is -0.481 e. The van der Waals surface area contributed by atoms with Crippen molar-refractivity contribution in [3.8, 4) is 12.3 Å². The Morgan fingerprint density at radius 3 is 2.56 bits per heavy atom. The lowest BCUT2D eigenvalue weighted by molar-refractivity contribution is -0.141. The van der Waals surface area contributed by atoms with E-state index in [4.69, 9.17) is 11.5 Å². The molecule has 1 rings (SSSR count). The normalized spacial score (nSPS) is 11.8. The fraction of sp³-hybridized carbons (Fsp3) is 0.357. The van der Waals surface area contributed by atoms with E-state index in [2.05, 4.69) is 5.92 Å². The van der Waals surface area contributed by atoms with Gasteiger partial charge in [-0.25, -0.2) is 0 Å². The van der Waals surface area contributed by atoms with Gasteiger partial charge in [-0.3, -0.25) is 4.79 Å². The lowest BCUT2D eigenvalue weighted by Crippen LogP contribution is -2.13. The maximum atomic E-state index is 10.9. The molecule has 0 aliphatic rings. The number of carboxylic acid groups (broad SMARTS) is 1. The van der Waals surface area contributed by atoms with Gasteiger partial charge in [-0.1, -0.05) is 29.8 Å². The summed E-state index contributed by atoms with van der Waals surface area (Å²) in [7, 11) is 0. The van der Waals surface area contributed by atoms with Crippen LogP contribution in [0.2, 0.25) is 0 Å². The minimum atomic E-state index is -0.801. The molecule has 2 heteroatoms. The zero-order valence-electron chi connectivity index (χ0n) is 9.44. The second kappa shape index (κ2) is 5.97. The number of rotatable bonds is 5. The molecule has 0 saturated carbocycles. The monoisotopic (exact) mass is 216 g/mol. The summed E-state index contributed by atoms with van der Waals surface area (Å²) < 4.78 is 0. The Morgan fingerprint density at radius 2 is 2.06 bits per heavy atom. The standard InChI is InChI=1S/C14H16O2/c1-3-4-13(14(15)16)10-9-12-7-5-11(2)6-8-12/h1,5-8,13H,4,9-10H2,2H3,(H,15,16). The van der Waals surface area contributed by atoms with Crippen molar-refractivity contribution in [3.63, 3.8) is 0 Å². The third-order valence-electron chi connectivity index (χ3n) is 2.62. The van der Waals surface area contributed by atoms with E-state index in [1.54, 1.807) is 0 Å². The van der Waals surface area contributed by atoms with Crippen molar-refractivity contribution in [1.29, 1.82) is 0 Å². The van der Waals surface area contributed by atoms with Crippen LogP contribution >= 0.6 is 0 Å². The highest BCUT2D eigenvalue weighted by Gasteiger charge is 2.15. The Hall–Kier alpha value is -1.75. The van der Waals surface area contributed by atoms with E-state index in [1.165, 1.54) is 5.56 Å². The molecule has 16 heavy (non-hydrogen) atoms. The van der Waals surface area contributed by atoms with Crippen LogP contribution in [0.4, 0.5) is 0 Å². The average molecular weight is 216 g/mol. The summed E-state index contributed by atoms with van der Waals surface area (Å²) in [5.41, 5.74) is 2.37. The van der Waals surface area contributed by atoms with Gasteiger partial charge < -0.3 is 5.11 Å². The maximum absolute atomic E-state index is 10.9. The van der Waals surface area contributed by atoms with Gasteiger partial charge in [0.05, 0.1) is 5.92 Å². The summed E-state index contributed by atoms with van der Waals surface area (Å²) in [6, 6.07) is 8.13. The molecule has 84 valence electrons. The van der Waals surface area contributed by atoms with Crippen LogP contribution in [0, 0.1) is 25.2 Å². The quantitative estimate of drug-likeness (QED) is 0.768. The Morgan fingerprint density at radius 1 is 1.44 bits per heavy atom. The van der Waals surface area contributed by atoms with Gasteiger partial charge in [0.1, 0.15) is 0 Å². The molecule has 0 aliphatic heterocycles. The molecule has 2 nitrogen and oxygen atoms in total. The molecular formula is C14H16O2. The Labute approximate surface area is 96.3 Å². The summed E-state index contributed by atoms with van der Waals surface area (Å²) in [6.07, 6.45) is 6.81. The topological polar surface area (TPSA) is 37.3 Å². The maximum Gasteiger partial charge on any atom is 0.307 e. The summed E-state index contributed by atoms with van der Waals surface area (Å²) in [4.78, 5) is 10.9. The number of hydrogen-bond acceptors (Lipinski definition) is 1. The highest BCUT2D eigenvalue weighted by Crippen LogP contribution is 2.13. The van der Waals surface area contributed by atoms with Crippen molar-refractivity contribution >= 4 is 5.97 Å². The first-order valence-corrected chi connectivity index (χ1v) is 5.35. The van der Waals surface area contributed by atoms with Crippen LogP contribution in [0.25, 0.3) is 0 Å². The molecule has 0 fully saturated rings. The third-order valence-corrected chi connectivity index (χ3v) is 2.62. The third kappa shape index (κ3) is 3.78. The number of aliphatic carboxylic acids is 1. The summed E-state index contributed by atoms with van der Waals surface area (Å²) in [5.74, 6) is 1.19. The van der Waals surface area contributed by atoms with E-state index in [9.17, 15) is 4.79 Å². The zero-order chi connectivity index (χ0) is 12.0. The fourth-order valence-electron chi connectivity index (χ4n) is 1.55. The highest BCUT2D eigenvalue weighted by atomic mass is 16.4. The van der Waals surface area contributed by atoms with Crippen molar-refractivity contribution in [2.75, 3.05) is 0 Å². The SMILES string of the molecule is C#CCC(CCc1ccc(C)cc1)C(=O)O. The van der Waals surface area contributed by atoms with Crippen molar-refractivity contribution in [2.45, 2.75) is 26.2 Å². The molecule has 1 N–H and O–H groups in total. The van der Waals surface area contributed by atoms with E-state index >= 15 is 0 Å². The van der Waals surface area contributed by atoms with Gasteiger partial charge in [0.2, 0.25) is 0 Å².